The third kappa shape index (κ3) is 3.44. The molecule has 20 heavy (non-hydrogen) atoms. The first-order chi connectivity index (χ1) is 9.27. The van der Waals surface area contributed by atoms with Crippen LogP contribution in [0.4, 0.5) is 5.69 Å². The summed E-state index contributed by atoms with van der Waals surface area (Å²) in [6, 6.07) is 4.70. The molecule has 1 fully saturated rings. The fraction of sp³-hybridized carbons (Fsp3) is 0.562. The fourth-order valence-corrected chi connectivity index (χ4v) is 3.34. The Kier molecular flexibility index (Phi) is 3.93. The number of benzene rings is 1. The minimum Gasteiger partial charge on any atom is -0.489 e. The molecule has 1 aliphatic carbocycles. The molecule has 0 saturated heterocycles. The normalized spacial score (nSPS) is 25.1. The van der Waals surface area contributed by atoms with E-state index in [0.717, 1.165) is 12.8 Å². The zero-order valence-corrected chi connectivity index (χ0v) is 12.3. The van der Waals surface area contributed by atoms with E-state index in [9.17, 15) is 9.90 Å². The molecule has 2 atom stereocenters. The van der Waals surface area contributed by atoms with Crippen molar-refractivity contribution in [3.8, 4) is 5.75 Å². The molecule has 2 unspecified atom stereocenters. The van der Waals surface area contributed by atoms with Crippen LogP contribution >= 0.6 is 0 Å². The molecule has 0 amide bonds. The van der Waals surface area contributed by atoms with Crippen LogP contribution in [0.25, 0.3) is 0 Å². The summed E-state index contributed by atoms with van der Waals surface area (Å²) in [6.45, 7) is 6.68. The average molecular weight is 277 g/mol. The van der Waals surface area contributed by atoms with Gasteiger partial charge >= 0.3 is 5.97 Å². The molecule has 2 rings (SSSR count). The van der Waals surface area contributed by atoms with E-state index in [0.29, 0.717) is 17.4 Å². The van der Waals surface area contributed by atoms with E-state index >= 15 is 0 Å². The van der Waals surface area contributed by atoms with Gasteiger partial charge in [-0.2, -0.15) is 0 Å². The summed E-state index contributed by atoms with van der Waals surface area (Å²) in [5.74, 6) is -0.0198. The highest BCUT2D eigenvalue weighted by Gasteiger charge is 2.33. The molecular formula is C16H23NO3. The number of aromatic carboxylic acids is 1. The topological polar surface area (TPSA) is 72.5 Å². The van der Waals surface area contributed by atoms with E-state index in [1.807, 2.05) is 0 Å². The summed E-state index contributed by atoms with van der Waals surface area (Å²) < 4.78 is 5.97. The average Bonchev–Trinajstić information content (AvgIpc) is 2.25. The first kappa shape index (κ1) is 14.7. The van der Waals surface area contributed by atoms with Crippen LogP contribution in [-0.2, 0) is 0 Å². The summed E-state index contributed by atoms with van der Waals surface area (Å²) in [4.78, 5) is 11.2. The second kappa shape index (κ2) is 5.35. The Balaban J connectivity index is 2.21. The van der Waals surface area contributed by atoms with Crippen molar-refractivity contribution in [3.05, 3.63) is 23.8 Å². The van der Waals surface area contributed by atoms with Gasteiger partial charge in [0.15, 0.2) is 0 Å². The summed E-state index contributed by atoms with van der Waals surface area (Å²) in [5.41, 5.74) is 6.67. The lowest BCUT2D eigenvalue weighted by atomic mass is 9.71. The van der Waals surface area contributed by atoms with Crippen LogP contribution in [0.15, 0.2) is 18.2 Å². The first-order valence-corrected chi connectivity index (χ1v) is 7.06. The molecule has 110 valence electrons. The first-order valence-electron chi connectivity index (χ1n) is 7.06. The van der Waals surface area contributed by atoms with Crippen molar-refractivity contribution in [1.29, 1.82) is 0 Å². The van der Waals surface area contributed by atoms with Crippen molar-refractivity contribution in [3.63, 3.8) is 0 Å². The molecule has 1 aromatic rings. The molecular weight excluding hydrogens is 254 g/mol. The maximum absolute atomic E-state index is 11.2. The standard InChI is InChI=1S/C16H23NO3/c1-10-6-12(9-16(2,3)8-10)20-14-7-11(17)4-5-13(14)15(18)19/h4-5,7,10,12H,6,8-9,17H2,1-3H3,(H,18,19). The van der Waals surface area contributed by atoms with Gasteiger partial charge in [0.2, 0.25) is 0 Å². The molecule has 4 heteroatoms. The van der Waals surface area contributed by atoms with Crippen LogP contribution < -0.4 is 10.5 Å². The molecule has 1 aliphatic rings. The van der Waals surface area contributed by atoms with E-state index in [4.69, 9.17) is 10.5 Å². The van der Waals surface area contributed by atoms with Crippen LogP contribution in [0.1, 0.15) is 50.4 Å². The number of nitrogens with two attached hydrogens (primary N) is 1. The quantitative estimate of drug-likeness (QED) is 0.828. The Morgan fingerprint density at radius 1 is 1.40 bits per heavy atom. The van der Waals surface area contributed by atoms with E-state index in [-0.39, 0.29) is 17.1 Å². The lowest BCUT2D eigenvalue weighted by Gasteiger charge is -2.39. The predicted molar refractivity (Wildman–Crippen MR) is 79.0 cm³/mol. The van der Waals surface area contributed by atoms with Gasteiger partial charge in [0.1, 0.15) is 11.3 Å². The van der Waals surface area contributed by atoms with Gasteiger partial charge < -0.3 is 15.6 Å². The molecule has 4 nitrogen and oxygen atoms in total. The van der Waals surface area contributed by atoms with Crippen LogP contribution in [0.5, 0.6) is 5.75 Å². The van der Waals surface area contributed by atoms with Gasteiger partial charge in [-0.3, -0.25) is 0 Å². The third-order valence-corrected chi connectivity index (χ3v) is 3.88. The molecule has 3 N–H and O–H groups in total. The Morgan fingerprint density at radius 3 is 2.70 bits per heavy atom. The second-order valence-electron chi connectivity index (χ2n) is 6.71. The maximum Gasteiger partial charge on any atom is 0.339 e. The largest absolute Gasteiger partial charge is 0.489 e. The van der Waals surface area contributed by atoms with Gasteiger partial charge in [-0.25, -0.2) is 4.79 Å². The summed E-state index contributed by atoms with van der Waals surface area (Å²) in [6.07, 6.45) is 3.12. The lowest BCUT2D eigenvalue weighted by molar-refractivity contribution is 0.0533. The minimum atomic E-state index is -0.983. The van der Waals surface area contributed by atoms with E-state index in [2.05, 4.69) is 20.8 Å². The highest BCUT2D eigenvalue weighted by Crippen LogP contribution is 2.40. The molecule has 0 spiro atoms. The van der Waals surface area contributed by atoms with Gasteiger partial charge in [0.25, 0.3) is 0 Å². The third-order valence-electron chi connectivity index (χ3n) is 3.88. The number of carboxylic acid groups (broad SMARTS) is 1. The second-order valence-corrected chi connectivity index (χ2v) is 6.71. The maximum atomic E-state index is 11.2. The smallest absolute Gasteiger partial charge is 0.339 e. The Labute approximate surface area is 119 Å². The molecule has 1 saturated carbocycles. The van der Waals surface area contributed by atoms with E-state index < -0.39 is 5.97 Å². The molecule has 0 heterocycles. The van der Waals surface area contributed by atoms with Gasteiger partial charge in [-0.05, 0) is 42.7 Å². The number of hydrogen-bond donors (Lipinski definition) is 2. The Bertz CT molecular complexity index is 510. The predicted octanol–water partition coefficient (Wildman–Crippen LogP) is 3.56. The number of carboxylic acids is 1. The van der Waals surface area contributed by atoms with Gasteiger partial charge in [-0.1, -0.05) is 20.8 Å². The van der Waals surface area contributed by atoms with Crippen molar-refractivity contribution in [1.82, 2.24) is 0 Å². The number of ether oxygens (including phenoxy) is 1. The van der Waals surface area contributed by atoms with Crippen LogP contribution in [0.2, 0.25) is 0 Å². The van der Waals surface area contributed by atoms with Crippen LogP contribution in [0, 0.1) is 11.3 Å². The summed E-state index contributed by atoms with van der Waals surface area (Å²) >= 11 is 0. The van der Waals surface area contributed by atoms with Crippen molar-refractivity contribution < 1.29 is 14.6 Å². The Morgan fingerprint density at radius 2 is 2.10 bits per heavy atom. The summed E-state index contributed by atoms with van der Waals surface area (Å²) in [7, 11) is 0. The Hall–Kier alpha value is -1.71. The minimum absolute atomic E-state index is 0.0497. The lowest BCUT2D eigenvalue weighted by Crippen LogP contribution is -2.34. The van der Waals surface area contributed by atoms with Crippen molar-refractivity contribution in [2.24, 2.45) is 11.3 Å². The number of anilines is 1. The van der Waals surface area contributed by atoms with Crippen molar-refractivity contribution >= 4 is 11.7 Å². The monoisotopic (exact) mass is 277 g/mol. The number of carbonyl (C=O) groups is 1. The molecule has 0 aliphatic heterocycles. The summed E-state index contributed by atoms with van der Waals surface area (Å²) in [5, 5.41) is 9.22. The number of rotatable bonds is 3. The number of hydrogen-bond acceptors (Lipinski definition) is 3. The number of nitrogen functional groups attached to an aromatic ring is 1. The molecule has 0 radical (unpaired) electrons. The zero-order chi connectivity index (χ0) is 14.9. The van der Waals surface area contributed by atoms with Gasteiger partial charge in [-0.15, -0.1) is 0 Å². The fourth-order valence-electron chi connectivity index (χ4n) is 3.34. The zero-order valence-electron chi connectivity index (χ0n) is 12.3. The molecule has 1 aromatic carbocycles. The molecule has 0 bridgehead atoms. The van der Waals surface area contributed by atoms with E-state index in [1.54, 1.807) is 12.1 Å². The van der Waals surface area contributed by atoms with Crippen LogP contribution in [0.3, 0.4) is 0 Å². The van der Waals surface area contributed by atoms with E-state index in [1.165, 1.54) is 12.5 Å². The van der Waals surface area contributed by atoms with Gasteiger partial charge in [0.05, 0.1) is 6.10 Å². The van der Waals surface area contributed by atoms with Crippen molar-refractivity contribution in [2.45, 2.75) is 46.1 Å². The SMILES string of the molecule is CC1CC(Oc2cc(N)ccc2C(=O)O)CC(C)(C)C1. The highest BCUT2D eigenvalue weighted by atomic mass is 16.5. The van der Waals surface area contributed by atoms with Crippen molar-refractivity contribution in [2.75, 3.05) is 5.73 Å². The molecule has 0 aromatic heterocycles. The van der Waals surface area contributed by atoms with Crippen LogP contribution in [-0.4, -0.2) is 17.2 Å². The van der Waals surface area contributed by atoms with Gasteiger partial charge in [0, 0.05) is 11.8 Å². The highest BCUT2D eigenvalue weighted by molar-refractivity contribution is 5.91.